The van der Waals surface area contributed by atoms with Crippen LogP contribution in [0.15, 0.2) is 58.8 Å². The Morgan fingerprint density at radius 1 is 0.448 bits per heavy atom. The molecule has 7 heterocycles. The third-order valence-corrected chi connectivity index (χ3v) is 25.0. The number of rotatable bonds is 36. The number of anilines is 2. The predicted octanol–water partition coefficient (Wildman–Crippen LogP) is -7.13. The van der Waals surface area contributed by atoms with Crippen LogP contribution in [-0.2, 0) is 105 Å². The molecule has 30 N–H and O–H groups in total. The molecule has 54 nitrogen and oxygen atoms in total. The zero-order valence-electron chi connectivity index (χ0n) is 83.0. The second kappa shape index (κ2) is 59.3. The zero-order valence-corrected chi connectivity index (χ0v) is 84.6. The molecule has 20 amide bonds. The average molecular weight is 2080 g/mol. The van der Waals surface area contributed by atoms with Gasteiger partial charge in [0.05, 0.1) is 22.9 Å². The van der Waals surface area contributed by atoms with E-state index in [2.05, 4.69) is 111 Å². The van der Waals surface area contributed by atoms with Crippen molar-refractivity contribution < 1.29 is 116 Å². The fourth-order valence-corrected chi connectivity index (χ4v) is 16.2. The number of primary amides is 2. The van der Waals surface area contributed by atoms with Crippen molar-refractivity contribution in [2.24, 2.45) is 39.1 Å². The first-order chi connectivity index (χ1) is 68.1. The molecule has 56 heteroatoms. The first kappa shape index (κ1) is 121. The molecule has 0 spiro atoms. The number of nitrogens with zero attached hydrogens (tertiary/aromatic N) is 6. The SMILES string of the molecule is CC(=O)N[C@@H](CCC(=O)O)C(=O)N[C@@H](C)C(=O)N[C@H]1CSCC(=O)N2CCN(CC2)c2ccc(cc2)N=Nc2ccc(cc2)N2CCN(CC2)C(=O)CSC[C@@H](C(=O)N[C@@H](CCC(=O)O)C(=O)N[C@@H](C)C(=O)N[C@@H](C)C(=O)N[C@@H](C)C(=O)N[C@@H](CCCNC(=N)N)C(=O)N[C@@H](CCC(N)=O)C(N)=O)NC(=O)[C@H](C)NC(=O)[C@H](C)NC(=O)C(C)(C)NC(=O)[C@H](C(C)C)NC(=O)[C@H](CCCNC(=N)N)NC(=O)[C@H](C)NC1=O. The molecule has 2 aromatic carbocycles. The molecule has 800 valence electrons. The van der Waals surface area contributed by atoms with Crippen molar-refractivity contribution in [2.75, 3.05) is 98.3 Å². The Kier molecular flexibility index (Phi) is 49.4. The van der Waals surface area contributed by atoms with Gasteiger partial charge in [-0.25, -0.2) is 0 Å². The summed E-state index contributed by atoms with van der Waals surface area (Å²) in [6.07, 6.45) is -3.04. The largest absolute Gasteiger partial charge is 0.481 e. The summed E-state index contributed by atoms with van der Waals surface area (Å²) in [5, 5.41) is 87.5. The van der Waals surface area contributed by atoms with Crippen LogP contribution in [0.3, 0.4) is 0 Å². The highest BCUT2D eigenvalue weighted by molar-refractivity contribution is 8.00. The Morgan fingerprint density at radius 3 is 1.30 bits per heavy atom. The summed E-state index contributed by atoms with van der Waals surface area (Å²) in [7, 11) is 0. The number of aliphatic carboxylic acids is 2. The third-order valence-electron chi connectivity index (χ3n) is 23.0. The van der Waals surface area contributed by atoms with E-state index in [0.29, 0.717) is 50.6 Å². The number of carbonyl (C=O) groups excluding carboxylic acids is 20. The average Bonchev–Trinajstić information content (AvgIpc) is 0.775. The standard InChI is InChI=1S/C89H138N30O24S2/c1-45(2)70-85(142)113-89(11,12)86(143)104-52(9)74(131)100-49(6)77(134)111-64(84(141)109-62(27-30-69(126)127)80(137)101-47(4)73(130)98-46(3)72(129)99-48(5)75(132)107-59(15-13-31-96-87(92)93)81(138)106-58(71(91)128)25-28-65(90)121)42-145-44-67(123)119-39-35-117(36-40-119)57-23-19-55(20-24-57)115-114-54-17-21-56(22-18-54)116-33-37-118(38-34-116)66(122)43-144-41-63(110-78(135)51(8)102-79(136)61(105-53(10)120)26-29-68(124)125)83(140)103-50(7)76(133)108-60(82(139)112-70)16-14-32-97-88(94)95/h17-24,45-52,58-64,70H,13-16,25-44H2,1-12H3,(H2,90,121)(H2,91,128)(H,98,130)(H,99,129)(H,100,131)(H,101,137)(H,102,136)(H,103,140)(H,104,143)(H,105,120)(H,106,138)(H,107,132)(H,108,133)(H,109,141)(H,110,135)(H,111,134)(H,112,139)(H,113,142)(H,124,125)(H,126,127)(H4,92,93,96)(H4,94,95,97)/t46-,47-,48-,49-,50-,51-,52-,58-,59-,60-,61-,62-,63-,64-,70-/m0/s1. The Hall–Kier alpha value is -14.8. The number of hydrogen-bond donors (Lipinski definition) is 26. The van der Waals surface area contributed by atoms with E-state index >= 15 is 0 Å². The van der Waals surface area contributed by atoms with Crippen molar-refractivity contribution in [1.82, 2.24) is 106 Å². The number of thioether (sulfide) groups is 2. The monoisotopic (exact) mass is 2070 g/mol. The van der Waals surface area contributed by atoms with Gasteiger partial charge in [0, 0.05) is 115 Å². The molecule has 2 saturated heterocycles. The molecule has 7 aliphatic rings. The summed E-state index contributed by atoms with van der Waals surface area (Å²) in [6.45, 7) is 17.9. The number of benzene rings is 2. The lowest BCUT2D eigenvalue weighted by Crippen LogP contribution is -2.63. The number of carbonyl (C=O) groups is 22. The summed E-state index contributed by atoms with van der Waals surface area (Å²) >= 11 is 1.84. The molecular weight excluding hydrogens is 1940 g/mol. The number of hydrogen-bond acceptors (Lipinski definition) is 30. The summed E-state index contributed by atoms with van der Waals surface area (Å²) in [5.41, 5.74) is 22.3. The van der Waals surface area contributed by atoms with E-state index in [9.17, 15) is 116 Å². The highest BCUT2D eigenvalue weighted by Gasteiger charge is 2.41. The van der Waals surface area contributed by atoms with Crippen LogP contribution < -0.4 is 128 Å². The van der Waals surface area contributed by atoms with Gasteiger partial charge < -0.3 is 148 Å². The Balaban J connectivity index is 1.41. The molecule has 8 bridgehead atoms. The number of nitrogens with one attached hydrogen (secondary N) is 20. The first-order valence-corrected chi connectivity index (χ1v) is 49.3. The number of amides is 20. The smallest absolute Gasteiger partial charge is 0.303 e. The number of piperazine rings is 2. The van der Waals surface area contributed by atoms with Gasteiger partial charge in [0.1, 0.15) is 96.2 Å². The van der Waals surface area contributed by atoms with Crippen molar-refractivity contribution in [2.45, 2.75) is 243 Å². The van der Waals surface area contributed by atoms with Crippen LogP contribution in [0, 0.1) is 16.7 Å². The van der Waals surface area contributed by atoms with Crippen LogP contribution in [0.4, 0.5) is 22.7 Å². The van der Waals surface area contributed by atoms with E-state index in [-0.39, 0.29) is 100 Å². The maximum absolute atomic E-state index is 14.7. The molecule has 2 aromatic rings. The van der Waals surface area contributed by atoms with E-state index in [4.69, 9.17) is 33.8 Å². The summed E-state index contributed by atoms with van der Waals surface area (Å²) in [4.78, 5) is 305. The first-order valence-electron chi connectivity index (χ1n) is 47.0. The zero-order chi connectivity index (χ0) is 108. The molecule has 145 heavy (non-hydrogen) atoms. The van der Waals surface area contributed by atoms with Gasteiger partial charge in [-0.1, -0.05) is 13.8 Å². The summed E-state index contributed by atoms with van der Waals surface area (Å²) < 4.78 is 0. The van der Waals surface area contributed by atoms with E-state index in [1.165, 1.54) is 62.3 Å². The lowest BCUT2D eigenvalue weighted by molar-refractivity contribution is -0.139. The normalized spacial score (nSPS) is 20.6. The van der Waals surface area contributed by atoms with Gasteiger partial charge in [-0.3, -0.25) is 116 Å². The van der Waals surface area contributed by atoms with Gasteiger partial charge in [-0.15, -0.1) is 23.5 Å². The quantitative estimate of drug-likeness (QED) is 0.0171. The van der Waals surface area contributed by atoms with Crippen LogP contribution in [-0.4, -0.2) is 347 Å². The van der Waals surface area contributed by atoms with E-state index in [1.807, 2.05) is 29.2 Å². The van der Waals surface area contributed by atoms with Crippen LogP contribution in [0.1, 0.15) is 147 Å². The maximum Gasteiger partial charge on any atom is 0.303 e. The molecule has 9 rings (SSSR count). The highest BCUT2D eigenvalue weighted by atomic mass is 32.2. The Labute approximate surface area is 845 Å². The minimum absolute atomic E-state index is 0.00585. The van der Waals surface area contributed by atoms with Crippen molar-refractivity contribution in [1.29, 1.82) is 10.8 Å². The Morgan fingerprint density at radius 2 is 0.841 bits per heavy atom. The molecule has 0 saturated carbocycles. The van der Waals surface area contributed by atoms with Crippen molar-refractivity contribution >= 4 is 188 Å². The van der Waals surface area contributed by atoms with E-state index in [0.717, 1.165) is 41.8 Å². The van der Waals surface area contributed by atoms with Gasteiger partial charge in [0.15, 0.2) is 11.9 Å². The number of nitrogens with two attached hydrogens (primary N) is 4. The van der Waals surface area contributed by atoms with Crippen LogP contribution >= 0.6 is 23.5 Å². The number of fused-ring (bicyclic) bond motifs is 4. The Bertz CT molecular complexity index is 5000. The molecule has 0 unspecified atom stereocenters. The van der Waals surface area contributed by atoms with Crippen LogP contribution in [0.25, 0.3) is 0 Å². The van der Waals surface area contributed by atoms with Gasteiger partial charge in [0.2, 0.25) is 118 Å². The predicted molar refractivity (Wildman–Crippen MR) is 530 cm³/mol. The van der Waals surface area contributed by atoms with Gasteiger partial charge in [0.25, 0.3) is 0 Å². The van der Waals surface area contributed by atoms with Gasteiger partial charge in [-0.2, -0.15) is 10.2 Å². The van der Waals surface area contributed by atoms with E-state index < -0.39 is 257 Å². The van der Waals surface area contributed by atoms with E-state index in [1.54, 1.807) is 47.9 Å². The van der Waals surface area contributed by atoms with Gasteiger partial charge in [-0.05, 0) is 162 Å². The fraction of sp³-hybridized carbons (Fsp3) is 0.596. The number of carboxylic acid groups (broad SMARTS) is 2. The maximum atomic E-state index is 14.7. The van der Waals surface area contributed by atoms with Gasteiger partial charge >= 0.3 is 11.9 Å². The lowest BCUT2D eigenvalue weighted by Gasteiger charge is -2.36. The van der Waals surface area contributed by atoms with Crippen LogP contribution in [0.2, 0.25) is 0 Å². The van der Waals surface area contributed by atoms with Crippen molar-refractivity contribution in [3.8, 4) is 0 Å². The summed E-state index contributed by atoms with van der Waals surface area (Å²) in [6, 6.07) is -8.21. The molecule has 0 radical (unpaired) electrons. The third kappa shape index (κ3) is 42.4. The molecule has 0 aromatic heterocycles. The number of azo groups is 1. The highest BCUT2D eigenvalue weighted by Crippen LogP contribution is 2.27. The van der Waals surface area contributed by atoms with Crippen molar-refractivity contribution in [3.05, 3.63) is 48.5 Å². The molecule has 15 atom stereocenters. The summed E-state index contributed by atoms with van der Waals surface area (Å²) in [5.74, 6) is -23.6. The topological polar surface area (TPSA) is 822 Å². The fourth-order valence-electron chi connectivity index (χ4n) is 14.3. The molecular formula is C89H138N30O24S2. The second-order valence-corrected chi connectivity index (χ2v) is 37.8. The lowest BCUT2D eigenvalue weighted by atomic mass is 9.98. The second-order valence-electron chi connectivity index (χ2n) is 35.8. The number of carboxylic acids is 2. The van der Waals surface area contributed by atoms with Crippen molar-refractivity contribution in [3.63, 3.8) is 0 Å². The molecule has 0 aliphatic carbocycles. The number of guanidine groups is 2. The minimum Gasteiger partial charge on any atom is -0.481 e. The minimum atomic E-state index is -1.93. The van der Waals surface area contributed by atoms with Crippen LogP contribution in [0.5, 0.6) is 0 Å². The molecule has 7 aliphatic heterocycles. The molecule has 2 fully saturated rings.